The van der Waals surface area contributed by atoms with Gasteiger partial charge in [-0.2, -0.15) is 0 Å². The van der Waals surface area contributed by atoms with Gasteiger partial charge in [-0.1, -0.05) is 83.9 Å². The van der Waals surface area contributed by atoms with Crippen LogP contribution >= 0.6 is 0 Å². The third kappa shape index (κ3) is 8.70. The first-order valence-electron chi connectivity index (χ1n) is 18.2. The zero-order valence-corrected chi connectivity index (χ0v) is 31.6. The second-order valence-electron chi connectivity index (χ2n) is 13.7. The Labute approximate surface area is 314 Å². The molecule has 0 aliphatic rings. The Bertz CT molecular complexity index is 2150. The van der Waals surface area contributed by atoms with Crippen LogP contribution in [0.3, 0.4) is 0 Å². The highest BCUT2D eigenvalue weighted by atomic mass is 16.5. The van der Waals surface area contributed by atoms with E-state index in [2.05, 4.69) is 173 Å². The average molecular weight is 701 g/mol. The Morgan fingerprint density at radius 1 is 0.528 bits per heavy atom. The first kappa shape index (κ1) is 36.7. The number of carbonyl (C=O) groups excluding carboxylic acids is 1. The molecule has 0 unspecified atom stereocenters. The van der Waals surface area contributed by atoms with Crippen LogP contribution in [0.1, 0.15) is 39.8 Å². The van der Waals surface area contributed by atoms with E-state index in [4.69, 9.17) is 9.47 Å². The molecule has 0 saturated heterocycles. The molecule has 0 fully saturated rings. The van der Waals surface area contributed by atoms with Gasteiger partial charge in [-0.15, -0.1) is 0 Å². The van der Waals surface area contributed by atoms with E-state index in [0.717, 1.165) is 39.6 Å². The Morgan fingerprint density at radius 2 is 0.925 bits per heavy atom. The van der Waals surface area contributed by atoms with E-state index in [0.29, 0.717) is 19.6 Å². The minimum absolute atomic E-state index is 0.294. The van der Waals surface area contributed by atoms with Gasteiger partial charge >= 0.3 is 5.97 Å². The van der Waals surface area contributed by atoms with Crippen molar-refractivity contribution in [2.24, 2.45) is 0 Å². The molecular formula is C48H48N2O3. The fraction of sp³-hybridized carbons (Fsp3) is 0.188. The monoisotopic (exact) mass is 700 g/mol. The van der Waals surface area contributed by atoms with Gasteiger partial charge in [0.05, 0.1) is 13.2 Å². The van der Waals surface area contributed by atoms with E-state index in [1.807, 2.05) is 12.1 Å². The molecule has 0 amide bonds. The fourth-order valence-electron chi connectivity index (χ4n) is 6.78. The van der Waals surface area contributed by atoms with Crippen LogP contribution in [-0.2, 0) is 9.53 Å². The van der Waals surface area contributed by atoms with Crippen molar-refractivity contribution in [1.82, 2.24) is 0 Å². The van der Waals surface area contributed by atoms with Crippen molar-refractivity contribution < 1.29 is 14.3 Å². The zero-order chi connectivity index (χ0) is 37.5. The van der Waals surface area contributed by atoms with Gasteiger partial charge in [-0.05, 0) is 136 Å². The van der Waals surface area contributed by atoms with Crippen molar-refractivity contribution in [2.45, 2.75) is 48.0 Å². The molecule has 0 aliphatic carbocycles. The second kappa shape index (κ2) is 16.5. The van der Waals surface area contributed by atoms with Crippen molar-refractivity contribution in [3.05, 3.63) is 173 Å². The smallest absolute Gasteiger partial charge is 0.330 e. The molecule has 0 heterocycles. The topological polar surface area (TPSA) is 42.0 Å². The maximum absolute atomic E-state index is 11.3. The van der Waals surface area contributed by atoms with Crippen LogP contribution in [0.4, 0.5) is 34.1 Å². The van der Waals surface area contributed by atoms with Crippen LogP contribution in [0, 0.1) is 41.5 Å². The summed E-state index contributed by atoms with van der Waals surface area (Å²) in [6.45, 7) is 17.1. The standard InChI is InChI=1S/C48H48N2O3/c1-8-48(51)53-29-9-28-52-44-23-21-42(22-24-44)49(45-25-10-33(2)30-36(45)5)41-17-13-39(14-18-41)40-15-19-43(20-16-40)50(46-26-11-34(3)31-37(46)6)47-27-12-35(4)32-38(47)7/h8,10-27,30-32H,1,9,28-29H2,2-7H3. The molecule has 6 rings (SSSR count). The predicted octanol–water partition coefficient (Wildman–Crippen LogP) is 12.6. The van der Waals surface area contributed by atoms with Crippen LogP contribution in [0.15, 0.2) is 140 Å². The normalized spacial score (nSPS) is 10.8. The molecule has 0 atom stereocenters. The summed E-state index contributed by atoms with van der Waals surface area (Å²) < 4.78 is 11.0. The van der Waals surface area contributed by atoms with Gasteiger partial charge in [0, 0.05) is 46.6 Å². The van der Waals surface area contributed by atoms with Crippen LogP contribution in [-0.4, -0.2) is 19.2 Å². The summed E-state index contributed by atoms with van der Waals surface area (Å²) >= 11 is 0. The molecule has 53 heavy (non-hydrogen) atoms. The highest BCUT2D eigenvalue weighted by molar-refractivity contribution is 5.83. The number of hydrogen-bond acceptors (Lipinski definition) is 5. The molecule has 5 nitrogen and oxygen atoms in total. The molecule has 0 N–H and O–H groups in total. The summed E-state index contributed by atoms with van der Waals surface area (Å²) in [6, 6.07) is 45.7. The van der Waals surface area contributed by atoms with E-state index < -0.39 is 5.97 Å². The number of esters is 1. The van der Waals surface area contributed by atoms with E-state index in [9.17, 15) is 4.79 Å². The summed E-state index contributed by atoms with van der Waals surface area (Å²) in [5.74, 6) is 0.341. The molecule has 6 aromatic carbocycles. The van der Waals surface area contributed by atoms with Gasteiger partial charge in [0.25, 0.3) is 0 Å². The predicted molar refractivity (Wildman–Crippen MR) is 221 cm³/mol. The Balaban J connectivity index is 1.26. The second-order valence-corrected chi connectivity index (χ2v) is 13.7. The molecule has 0 bridgehead atoms. The quantitative estimate of drug-likeness (QED) is 0.0681. The van der Waals surface area contributed by atoms with Crippen molar-refractivity contribution >= 4 is 40.1 Å². The van der Waals surface area contributed by atoms with E-state index in [1.54, 1.807) is 0 Å². The van der Waals surface area contributed by atoms with Crippen molar-refractivity contribution in [2.75, 3.05) is 23.0 Å². The Kier molecular flexibility index (Phi) is 11.4. The summed E-state index contributed by atoms with van der Waals surface area (Å²) in [7, 11) is 0. The molecule has 0 saturated carbocycles. The van der Waals surface area contributed by atoms with Gasteiger partial charge in [0.1, 0.15) is 5.75 Å². The number of ether oxygens (including phenoxy) is 2. The number of benzene rings is 6. The third-order valence-corrected chi connectivity index (χ3v) is 9.43. The maximum atomic E-state index is 11.3. The van der Waals surface area contributed by atoms with Crippen molar-refractivity contribution in [1.29, 1.82) is 0 Å². The lowest BCUT2D eigenvalue weighted by Crippen LogP contribution is -2.13. The summed E-state index contributed by atoms with van der Waals surface area (Å²) in [5, 5.41) is 0. The van der Waals surface area contributed by atoms with Gasteiger partial charge < -0.3 is 19.3 Å². The largest absolute Gasteiger partial charge is 0.493 e. The minimum atomic E-state index is -0.420. The first-order chi connectivity index (χ1) is 25.6. The maximum Gasteiger partial charge on any atom is 0.330 e. The van der Waals surface area contributed by atoms with Crippen molar-refractivity contribution in [3.63, 3.8) is 0 Å². The lowest BCUT2D eigenvalue weighted by atomic mass is 10.0. The van der Waals surface area contributed by atoms with Gasteiger partial charge in [0.15, 0.2) is 0 Å². The van der Waals surface area contributed by atoms with Crippen molar-refractivity contribution in [3.8, 4) is 16.9 Å². The van der Waals surface area contributed by atoms with Crippen LogP contribution in [0.25, 0.3) is 11.1 Å². The summed E-state index contributed by atoms with van der Waals surface area (Å²) in [5.41, 5.74) is 16.4. The molecule has 0 radical (unpaired) electrons. The molecule has 5 heteroatoms. The molecule has 0 aliphatic heterocycles. The van der Waals surface area contributed by atoms with Gasteiger partial charge in [-0.3, -0.25) is 0 Å². The molecule has 6 aromatic rings. The molecule has 0 spiro atoms. The van der Waals surface area contributed by atoms with Crippen LogP contribution in [0.2, 0.25) is 0 Å². The fourth-order valence-corrected chi connectivity index (χ4v) is 6.78. The minimum Gasteiger partial charge on any atom is -0.493 e. The molecule has 0 aromatic heterocycles. The lowest BCUT2D eigenvalue weighted by molar-refractivity contribution is -0.137. The van der Waals surface area contributed by atoms with Gasteiger partial charge in [-0.25, -0.2) is 4.79 Å². The number of carbonyl (C=O) groups is 1. The number of aryl methyl sites for hydroxylation is 6. The van der Waals surface area contributed by atoms with Crippen LogP contribution in [0.5, 0.6) is 5.75 Å². The summed E-state index contributed by atoms with van der Waals surface area (Å²) in [6.07, 6.45) is 1.77. The van der Waals surface area contributed by atoms with Crippen LogP contribution < -0.4 is 14.5 Å². The lowest BCUT2D eigenvalue weighted by Gasteiger charge is -2.29. The number of hydrogen-bond donors (Lipinski definition) is 0. The Morgan fingerprint density at radius 3 is 1.34 bits per heavy atom. The first-order valence-corrected chi connectivity index (χ1v) is 18.2. The number of nitrogens with zero attached hydrogens (tertiary/aromatic N) is 2. The highest BCUT2D eigenvalue weighted by Gasteiger charge is 2.18. The summed E-state index contributed by atoms with van der Waals surface area (Å²) in [4.78, 5) is 15.9. The van der Waals surface area contributed by atoms with E-state index >= 15 is 0 Å². The average Bonchev–Trinajstić information content (AvgIpc) is 3.15. The highest BCUT2D eigenvalue weighted by Crippen LogP contribution is 2.41. The van der Waals surface area contributed by atoms with E-state index in [-0.39, 0.29) is 0 Å². The van der Waals surface area contributed by atoms with Gasteiger partial charge in [0.2, 0.25) is 0 Å². The molecule has 268 valence electrons. The number of rotatable bonds is 13. The molecular weight excluding hydrogens is 653 g/mol. The SMILES string of the molecule is C=CC(=O)OCCCOc1ccc(N(c2ccc(-c3ccc(N(c4ccc(C)cc4C)c4ccc(C)cc4C)cc3)cc2)c2ccc(C)cc2C)cc1. The number of anilines is 6. The Hall–Kier alpha value is -6.07. The van der Waals surface area contributed by atoms with E-state index in [1.165, 1.54) is 50.8 Å². The third-order valence-electron chi connectivity index (χ3n) is 9.43. The zero-order valence-electron chi connectivity index (χ0n) is 31.6.